The zero-order valence-corrected chi connectivity index (χ0v) is 26.3. The molecule has 0 radical (unpaired) electrons. The van der Waals surface area contributed by atoms with Gasteiger partial charge in [-0.2, -0.15) is 0 Å². The molecule has 1 spiro atoms. The maximum absolute atomic E-state index is 14.2. The first-order valence-electron chi connectivity index (χ1n) is 15.3. The van der Waals surface area contributed by atoms with Crippen LogP contribution in [0.4, 0.5) is 0 Å². The lowest BCUT2D eigenvalue weighted by molar-refractivity contribution is -0.152. The van der Waals surface area contributed by atoms with Crippen LogP contribution in [0.15, 0.2) is 42.5 Å². The molecular formula is C33H41N3O9. The van der Waals surface area contributed by atoms with Gasteiger partial charge in [0.15, 0.2) is 0 Å². The number of benzene rings is 2. The number of ether oxygens (including phenoxy) is 5. The molecule has 3 saturated heterocycles. The Morgan fingerprint density at radius 1 is 0.822 bits per heavy atom. The molecule has 0 saturated carbocycles. The van der Waals surface area contributed by atoms with Crippen molar-refractivity contribution in [1.82, 2.24) is 14.7 Å². The first-order valence-corrected chi connectivity index (χ1v) is 15.3. The predicted octanol–water partition coefficient (Wildman–Crippen LogP) is 2.99. The fourth-order valence-corrected chi connectivity index (χ4v) is 6.51. The van der Waals surface area contributed by atoms with E-state index >= 15 is 0 Å². The van der Waals surface area contributed by atoms with Gasteiger partial charge in [0.25, 0.3) is 11.8 Å². The van der Waals surface area contributed by atoms with E-state index < -0.39 is 11.8 Å². The molecule has 1 atom stereocenters. The van der Waals surface area contributed by atoms with Crippen molar-refractivity contribution in [3.05, 3.63) is 53.6 Å². The molecule has 0 aromatic heterocycles. The number of carbonyl (C=O) groups is 4. The lowest BCUT2D eigenvalue weighted by Gasteiger charge is -2.45. The second-order valence-corrected chi connectivity index (χ2v) is 11.4. The van der Waals surface area contributed by atoms with Crippen molar-refractivity contribution >= 4 is 23.7 Å². The Morgan fingerprint density at radius 3 is 2.00 bits per heavy atom. The van der Waals surface area contributed by atoms with Gasteiger partial charge < -0.3 is 33.5 Å². The predicted molar refractivity (Wildman–Crippen MR) is 162 cm³/mol. The zero-order valence-electron chi connectivity index (χ0n) is 26.3. The van der Waals surface area contributed by atoms with E-state index in [1.165, 1.54) is 14.2 Å². The van der Waals surface area contributed by atoms with Gasteiger partial charge in [-0.3, -0.25) is 24.1 Å². The molecule has 3 aliphatic rings. The minimum absolute atomic E-state index is 0.0345. The molecule has 12 nitrogen and oxygen atoms in total. The quantitative estimate of drug-likeness (QED) is 0.408. The molecule has 3 amide bonds. The monoisotopic (exact) mass is 623 g/mol. The van der Waals surface area contributed by atoms with Gasteiger partial charge in [0.2, 0.25) is 5.91 Å². The summed E-state index contributed by atoms with van der Waals surface area (Å²) in [4.78, 5) is 59.1. The molecule has 242 valence electrons. The average Bonchev–Trinajstić information content (AvgIpc) is 3.45. The summed E-state index contributed by atoms with van der Waals surface area (Å²) in [6, 6.07) is 11.1. The first kappa shape index (κ1) is 32.1. The van der Waals surface area contributed by atoms with E-state index in [4.69, 9.17) is 23.7 Å². The summed E-state index contributed by atoms with van der Waals surface area (Å²) in [5.41, 5.74) is -0.351. The van der Waals surface area contributed by atoms with Crippen LogP contribution in [0.5, 0.6) is 17.2 Å². The van der Waals surface area contributed by atoms with E-state index in [2.05, 4.69) is 0 Å². The van der Waals surface area contributed by atoms with Gasteiger partial charge in [0.05, 0.1) is 40.5 Å². The highest BCUT2D eigenvalue weighted by Gasteiger charge is 2.55. The Labute approximate surface area is 263 Å². The summed E-state index contributed by atoms with van der Waals surface area (Å²) in [6.45, 7) is 3.48. The minimum Gasteiger partial charge on any atom is -0.497 e. The number of likely N-dealkylation sites (tertiary alicyclic amines) is 2. The molecule has 3 fully saturated rings. The minimum atomic E-state index is -1.08. The van der Waals surface area contributed by atoms with E-state index in [0.717, 1.165) is 0 Å². The van der Waals surface area contributed by atoms with Gasteiger partial charge in [-0.1, -0.05) is 6.07 Å². The summed E-state index contributed by atoms with van der Waals surface area (Å²) < 4.78 is 27.8. The summed E-state index contributed by atoms with van der Waals surface area (Å²) >= 11 is 0. The number of piperidine rings is 2. The number of rotatable bonds is 8. The molecule has 3 heterocycles. The van der Waals surface area contributed by atoms with Crippen molar-refractivity contribution in [2.24, 2.45) is 5.92 Å². The normalized spacial score (nSPS) is 19.7. The number of nitrogens with zero attached hydrogens (tertiary/aromatic N) is 3. The number of hydrogen-bond donors (Lipinski definition) is 0. The third-order valence-electron chi connectivity index (χ3n) is 9.00. The lowest BCUT2D eigenvalue weighted by Crippen LogP contribution is -2.60. The van der Waals surface area contributed by atoms with E-state index in [1.807, 2.05) is 0 Å². The van der Waals surface area contributed by atoms with Crippen molar-refractivity contribution in [2.45, 2.75) is 44.4 Å². The van der Waals surface area contributed by atoms with Gasteiger partial charge in [0, 0.05) is 44.6 Å². The number of carbonyl (C=O) groups excluding carboxylic acids is 4. The van der Waals surface area contributed by atoms with Crippen LogP contribution in [-0.2, 0) is 19.1 Å². The van der Waals surface area contributed by atoms with Crippen LogP contribution in [-0.4, -0.2) is 111 Å². The Kier molecular flexibility index (Phi) is 9.81. The van der Waals surface area contributed by atoms with Gasteiger partial charge in [0.1, 0.15) is 34.6 Å². The molecular weight excluding hydrogens is 582 g/mol. The number of amides is 3. The molecule has 45 heavy (non-hydrogen) atoms. The van der Waals surface area contributed by atoms with Crippen molar-refractivity contribution < 1.29 is 42.9 Å². The molecule has 1 unspecified atom stereocenters. The molecule has 3 aliphatic heterocycles. The highest BCUT2D eigenvalue weighted by molar-refractivity contribution is 6.00. The smallest absolute Gasteiger partial charge is 0.309 e. The third-order valence-corrected chi connectivity index (χ3v) is 9.00. The number of hydrogen-bond acceptors (Lipinski definition) is 9. The van der Waals surface area contributed by atoms with Crippen LogP contribution in [0.2, 0.25) is 0 Å². The summed E-state index contributed by atoms with van der Waals surface area (Å²) in [7, 11) is 4.56. The topological polar surface area (TPSA) is 124 Å². The summed E-state index contributed by atoms with van der Waals surface area (Å²) in [5.74, 6) is 0.138. The highest BCUT2D eigenvalue weighted by atomic mass is 16.5. The molecule has 0 aliphatic carbocycles. The first-order chi connectivity index (χ1) is 21.8. The largest absolute Gasteiger partial charge is 0.497 e. The van der Waals surface area contributed by atoms with Crippen LogP contribution in [0.25, 0.3) is 0 Å². The number of esters is 1. The van der Waals surface area contributed by atoms with Crippen molar-refractivity contribution in [3.8, 4) is 17.2 Å². The molecule has 2 aromatic carbocycles. The molecule has 5 rings (SSSR count). The highest BCUT2D eigenvalue weighted by Crippen LogP contribution is 2.40. The van der Waals surface area contributed by atoms with Crippen LogP contribution >= 0.6 is 0 Å². The standard InChI is InChI=1S/C33H41N3O9/c1-5-44-32(40)23-13-17-34(18-14-23)30(38)25-21-45-33(36(25)29(37)22-9-11-24(41-2)12-10-22)15-19-35(20-16-33)31(39)28-26(42-3)7-6-8-27(28)43-4/h6-12,23,25H,5,13-21H2,1-4H3. The molecule has 0 bridgehead atoms. The zero-order chi connectivity index (χ0) is 32.1. The molecule has 2 aromatic rings. The van der Waals surface area contributed by atoms with Crippen LogP contribution in [0, 0.1) is 5.92 Å². The van der Waals surface area contributed by atoms with Gasteiger partial charge in [-0.05, 0) is 56.2 Å². The van der Waals surface area contributed by atoms with E-state index in [0.29, 0.717) is 73.8 Å². The van der Waals surface area contributed by atoms with Crippen molar-refractivity contribution in [1.29, 1.82) is 0 Å². The molecule has 12 heteroatoms. The second-order valence-electron chi connectivity index (χ2n) is 11.4. The SMILES string of the molecule is CCOC(=O)C1CCN(C(=O)C2COC3(CCN(C(=O)c4c(OC)cccc4OC)CC3)N2C(=O)c2ccc(OC)cc2)CC1. The second kappa shape index (κ2) is 13.8. The fraction of sp³-hybridized carbons (Fsp3) is 0.515. The number of methoxy groups -OCH3 is 3. The van der Waals surface area contributed by atoms with Crippen LogP contribution in [0.3, 0.4) is 0 Å². The maximum Gasteiger partial charge on any atom is 0.309 e. The van der Waals surface area contributed by atoms with Gasteiger partial charge in [-0.15, -0.1) is 0 Å². The van der Waals surface area contributed by atoms with Gasteiger partial charge in [-0.25, -0.2) is 0 Å². The summed E-state index contributed by atoms with van der Waals surface area (Å²) in [6.07, 6.45) is 1.62. The molecule has 0 N–H and O–H groups in total. The van der Waals surface area contributed by atoms with Crippen molar-refractivity contribution in [2.75, 3.05) is 60.7 Å². The maximum atomic E-state index is 14.2. The Balaban J connectivity index is 1.37. The van der Waals surface area contributed by atoms with Crippen LogP contribution in [0.1, 0.15) is 53.3 Å². The van der Waals surface area contributed by atoms with E-state index in [9.17, 15) is 19.2 Å². The van der Waals surface area contributed by atoms with E-state index in [1.54, 1.807) is 71.2 Å². The van der Waals surface area contributed by atoms with Crippen molar-refractivity contribution in [3.63, 3.8) is 0 Å². The Morgan fingerprint density at radius 2 is 1.44 bits per heavy atom. The Hall–Kier alpha value is -4.32. The lowest BCUT2D eigenvalue weighted by atomic mass is 9.94. The van der Waals surface area contributed by atoms with Gasteiger partial charge >= 0.3 is 5.97 Å². The average molecular weight is 624 g/mol. The van der Waals surface area contributed by atoms with E-state index in [-0.39, 0.29) is 49.3 Å². The Bertz CT molecular complexity index is 1370. The van der Waals surface area contributed by atoms with Crippen LogP contribution < -0.4 is 14.2 Å². The third kappa shape index (κ3) is 6.28. The fourth-order valence-electron chi connectivity index (χ4n) is 6.51. The summed E-state index contributed by atoms with van der Waals surface area (Å²) in [5, 5.41) is 0.